The maximum absolute atomic E-state index is 8.91. The molecule has 2 rings (SSSR count). The summed E-state index contributed by atoms with van der Waals surface area (Å²) in [6, 6.07) is 10.2. The monoisotopic (exact) mass is 261 g/mol. The summed E-state index contributed by atoms with van der Waals surface area (Å²) in [5, 5.41) is 9.67. The van der Waals surface area contributed by atoms with Crippen molar-refractivity contribution in [3.05, 3.63) is 24.3 Å². The third-order valence-corrected chi connectivity index (χ3v) is 3.58. The molecule has 94 valence electrons. The van der Waals surface area contributed by atoms with Gasteiger partial charge in [0, 0.05) is 13.7 Å². The van der Waals surface area contributed by atoms with E-state index in [0.29, 0.717) is 6.61 Å². The zero-order chi connectivity index (χ0) is 13.0. The van der Waals surface area contributed by atoms with Crippen LogP contribution in [-0.2, 0) is 11.3 Å². The van der Waals surface area contributed by atoms with Crippen LogP contribution in [0, 0.1) is 11.3 Å². The van der Waals surface area contributed by atoms with E-state index in [9.17, 15) is 0 Å². The Balaban J connectivity index is 2.40. The normalized spacial score (nSPS) is 12.5. The van der Waals surface area contributed by atoms with Crippen LogP contribution in [0.1, 0.15) is 6.92 Å². The van der Waals surface area contributed by atoms with E-state index in [1.165, 1.54) is 11.8 Å². The van der Waals surface area contributed by atoms with Crippen LogP contribution < -0.4 is 0 Å². The number of fused-ring (bicyclic) bond motifs is 1. The highest BCUT2D eigenvalue weighted by molar-refractivity contribution is 8.00. The average Bonchev–Trinajstić information content (AvgIpc) is 2.73. The quantitative estimate of drug-likeness (QED) is 0.776. The smallest absolute Gasteiger partial charge is 0.170 e. The van der Waals surface area contributed by atoms with Crippen LogP contribution >= 0.6 is 11.8 Å². The second-order valence-electron chi connectivity index (χ2n) is 3.92. The highest BCUT2D eigenvalue weighted by Crippen LogP contribution is 2.26. The molecule has 1 heterocycles. The molecule has 0 saturated heterocycles. The van der Waals surface area contributed by atoms with Gasteiger partial charge in [-0.2, -0.15) is 5.26 Å². The van der Waals surface area contributed by atoms with Gasteiger partial charge in [-0.05, 0) is 19.1 Å². The Hall–Kier alpha value is -1.51. The molecule has 5 heteroatoms. The van der Waals surface area contributed by atoms with E-state index in [1.54, 1.807) is 7.11 Å². The van der Waals surface area contributed by atoms with E-state index in [0.717, 1.165) is 22.7 Å². The van der Waals surface area contributed by atoms with Crippen LogP contribution in [-0.4, -0.2) is 28.5 Å². The van der Waals surface area contributed by atoms with Crippen LogP contribution in [0.2, 0.25) is 0 Å². The molecule has 0 aliphatic carbocycles. The van der Waals surface area contributed by atoms with E-state index in [1.807, 2.05) is 31.2 Å². The first kappa shape index (κ1) is 12.9. The molecule has 0 aliphatic heterocycles. The number of imidazole rings is 1. The van der Waals surface area contributed by atoms with Crippen molar-refractivity contribution in [2.75, 3.05) is 13.7 Å². The molecule has 0 bridgehead atoms. The van der Waals surface area contributed by atoms with Gasteiger partial charge in [0.15, 0.2) is 5.16 Å². The van der Waals surface area contributed by atoms with Crippen molar-refractivity contribution in [3.63, 3.8) is 0 Å². The molecule has 0 amide bonds. The van der Waals surface area contributed by atoms with Gasteiger partial charge in [-0.25, -0.2) is 4.98 Å². The number of hydrogen-bond acceptors (Lipinski definition) is 4. The molecule has 4 nitrogen and oxygen atoms in total. The van der Waals surface area contributed by atoms with Crippen LogP contribution in [0.4, 0.5) is 0 Å². The van der Waals surface area contributed by atoms with E-state index >= 15 is 0 Å². The number of hydrogen-bond donors (Lipinski definition) is 0. The van der Waals surface area contributed by atoms with E-state index in [2.05, 4.69) is 15.6 Å². The minimum absolute atomic E-state index is 0.108. The summed E-state index contributed by atoms with van der Waals surface area (Å²) >= 11 is 1.48. The maximum Gasteiger partial charge on any atom is 0.170 e. The number of nitriles is 1. The summed E-state index contributed by atoms with van der Waals surface area (Å²) in [5.41, 5.74) is 2.04. The van der Waals surface area contributed by atoms with Gasteiger partial charge in [0.1, 0.15) is 0 Å². The van der Waals surface area contributed by atoms with Crippen molar-refractivity contribution in [1.29, 1.82) is 5.26 Å². The summed E-state index contributed by atoms with van der Waals surface area (Å²) in [6.45, 7) is 3.26. The Morgan fingerprint density at radius 2 is 2.28 bits per heavy atom. The number of aromatic nitrogens is 2. The van der Waals surface area contributed by atoms with Gasteiger partial charge >= 0.3 is 0 Å². The Morgan fingerprint density at radius 1 is 1.50 bits per heavy atom. The van der Waals surface area contributed by atoms with Gasteiger partial charge in [0.05, 0.1) is 29.0 Å². The number of rotatable bonds is 5. The Bertz CT molecular complexity index is 573. The molecular formula is C13H15N3OS. The lowest BCUT2D eigenvalue weighted by Gasteiger charge is -2.08. The van der Waals surface area contributed by atoms with Gasteiger partial charge in [-0.1, -0.05) is 23.9 Å². The molecular weight excluding hydrogens is 246 g/mol. The molecule has 0 fully saturated rings. The van der Waals surface area contributed by atoms with Gasteiger partial charge in [-0.15, -0.1) is 0 Å². The average molecular weight is 261 g/mol. The van der Waals surface area contributed by atoms with E-state index < -0.39 is 0 Å². The largest absolute Gasteiger partial charge is 0.383 e. The third kappa shape index (κ3) is 2.66. The number of methoxy groups -OCH3 is 1. The van der Waals surface area contributed by atoms with Crippen molar-refractivity contribution in [2.24, 2.45) is 0 Å². The lowest BCUT2D eigenvalue weighted by molar-refractivity contribution is 0.186. The topological polar surface area (TPSA) is 50.8 Å². The third-order valence-electron chi connectivity index (χ3n) is 2.60. The van der Waals surface area contributed by atoms with Gasteiger partial charge in [0.2, 0.25) is 0 Å². The number of nitrogens with zero attached hydrogens (tertiary/aromatic N) is 3. The fourth-order valence-electron chi connectivity index (χ4n) is 1.73. The van der Waals surface area contributed by atoms with Crippen molar-refractivity contribution >= 4 is 22.8 Å². The lowest BCUT2D eigenvalue weighted by atomic mass is 10.3. The standard InChI is InChI=1S/C13H15N3OS/c1-10(9-14)18-13-15-11-5-3-4-6-12(11)16(13)7-8-17-2/h3-6,10H,7-8H2,1-2H3/t10-/m0/s1. The Morgan fingerprint density at radius 3 is 3.00 bits per heavy atom. The van der Waals surface area contributed by atoms with Crippen LogP contribution in [0.5, 0.6) is 0 Å². The van der Waals surface area contributed by atoms with Crippen LogP contribution in [0.3, 0.4) is 0 Å². The molecule has 0 N–H and O–H groups in total. The zero-order valence-electron chi connectivity index (χ0n) is 10.5. The molecule has 0 aliphatic rings. The van der Waals surface area contributed by atoms with E-state index in [4.69, 9.17) is 10.00 Å². The number of thioether (sulfide) groups is 1. The molecule has 0 unspecified atom stereocenters. The maximum atomic E-state index is 8.91. The molecule has 0 spiro atoms. The van der Waals surface area contributed by atoms with Crippen molar-refractivity contribution < 1.29 is 4.74 Å². The summed E-state index contributed by atoms with van der Waals surface area (Å²) in [6.07, 6.45) is 0. The molecule has 0 saturated carbocycles. The summed E-state index contributed by atoms with van der Waals surface area (Å²) in [4.78, 5) is 4.57. The minimum atomic E-state index is -0.108. The number of ether oxygens (including phenoxy) is 1. The number of benzene rings is 1. The van der Waals surface area contributed by atoms with Gasteiger partial charge in [0.25, 0.3) is 0 Å². The SMILES string of the molecule is COCCn1c(S[C@@H](C)C#N)nc2ccccc21. The first-order valence-electron chi connectivity index (χ1n) is 5.76. The van der Waals surface area contributed by atoms with Crippen molar-refractivity contribution in [2.45, 2.75) is 23.9 Å². The van der Waals surface area contributed by atoms with E-state index in [-0.39, 0.29) is 5.25 Å². The van der Waals surface area contributed by atoms with Gasteiger partial charge in [-0.3, -0.25) is 0 Å². The van der Waals surface area contributed by atoms with Crippen LogP contribution in [0.15, 0.2) is 29.4 Å². The summed E-state index contributed by atoms with van der Waals surface area (Å²) in [7, 11) is 1.68. The molecule has 1 aromatic heterocycles. The molecule has 1 atom stereocenters. The zero-order valence-corrected chi connectivity index (χ0v) is 11.3. The first-order valence-corrected chi connectivity index (χ1v) is 6.64. The highest BCUT2D eigenvalue weighted by atomic mass is 32.2. The Kier molecular flexibility index (Phi) is 4.24. The summed E-state index contributed by atoms with van der Waals surface area (Å²) < 4.78 is 7.24. The second-order valence-corrected chi connectivity index (χ2v) is 5.22. The molecule has 2 aromatic rings. The predicted octanol–water partition coefficient (Wildman–Crippen LogP) is 2.69. The van der Waals surface area contributed by atoms with Gasteiger partial charge < -0.3 is 9.30 Å². The fraction of sp³-hybridized carbons (Fsp3) is 0.385. The first-order chi connectivity index (χ1) is 8.76. The van der Waals surface area contributed by atoms with Crippen LogP contribution in [0.25, 0.3) is 11.0 Å². The highest BCUT2D eigenvalue weighted by Gasteiger charge is 2.13. The minimum Gasteiger partial charge on any atom is -0.383 e. The molecule has 18 heavy (non-hydrogen) atoms. The Labute approximate surface area is 111 Å². The molecule has 1 aromatic carbocycles. The van der Waals surface area contributed by atoms with Crippen molar-refractivity contribution in [1.82, 2.24) is 9.55 Å². The summed E-state index contributed by atoms with van der Waals surface area (Å²) in [5.74, 6) is 0. The van der Waals surface area contributed by atoms with Crippen molar-refractivity contribution in [3.8, 4) is 6.07 Å². The fourth-order valence-corrected chi connectivity index (χ4v) is 2.56. The number of para-hydroxylation sites is 2. The lowest BCUT2D eigenvalue weighted by Crippen LogP contribution is -2.06. The molecule has 0 radical (unpaired) electrons. The predicted molar refractivity (Wildman–Crippen MR) is 72.5 cm³/mol. The second kappa shape index (κ2) is 5.89.